The van der Waals surface area contributed by atoms with Gasteiger partial charge in [-0.05, 0) is 12.8 Å². The predicted octanol–water partition coefficient (Wildman–Crippen LogP) is 1.75. The molecule has 0 bridgehead atoms. The summed E-state index contributed by atoms with van der Waals surface area (Å²) >= 11 is 0. The lowest BCUT2D eigenvalue weighted by molar-refractivity contribution is 0.802. The maximum absolute atomic E-state index is 3.08. The fourth-order valence-corrected chi connectivity index (χ4v) is 1.23. The van der Waals surface area contributed by atoms with Crippen LogP contribution in [0.25, 0.3) is 0 Å². The molecule has 1 nitrogen and oxygen atoms in total. The van der Waals surface area contributed by atoms with E-state index >= 15 is 0 Å². The molecular weight excluding hydrogens is 129 g/mol. The molecule has 0 unspecified atom stereocenters. The van der Waals surface area contributed by atoms with E-state index in [1.807, 2.05) is 7.05 Å². The lowest BCUT2D eigenvalue weighted by atomic mass is 10.3. The molecule has 0 aromatic carbocycles. The topological polar surface area (TPSA) is 12.0 Å². The van der Waals surface area contributed by atoms with E-state index in [0.717, 1.165) is 6.54 Å². The molecule has 0 spiro atoms. The zero-order valence-electron chi connectivity index (χ0n) is 6.73. The molecule has 0 aliphatic rings. The van der Waals surface area contributed by atoms with E-state index in [-0.39, 0.29) is 0 Å². The first-order valence-corrected chi connectivity index (χ1v) is 4.21. The van der Waals surface area contributed by atoms with Crippen molar-refractivity contribution in [1.82, 2.24) is 5.32 Å². The van der Waals surface area contributed by atoms with E-state index in [9.17, 15) is 0 Å². The first-order chi connectivity index (χ1) is 4.06. The number of nitrogens with one attached hydrogen (secondary N) is 1. The third-order valence-corrected chi connectivity index (χ3v) is 1.91. The van der Waals surface area contributed by atoms with Crippen molar-refractivity contribution in [3.8, 4) is 0 Å². The lowest BCUT2D eigenvalue weighted by Gasteiger charge is -2.09. The van der Waals surface area contributed by atoms with Gasteiger partial charge in [0, 0.05) is 11.7 Å². The van der Waals surface area contributed by atoms with Crippen LogP contribution in [0.2, 0.25) is 0 Å². The second-order valence-electron chi connectivity index (χ2n) is 3.04. The third-order valence-electron chi connectivity index (χ3n) is 0.774. The van der Waals surface area contributed by atoms with E-state index in [0.29, 0.717) is 5.16 Å². The standard InChI is InChI=1S/C7H16NP/c1-7(2,3)9-6-5-8-4/h6,8H,5H2,1-4H3. The molecular formula is C7H16NP. The molecule has 0 aliphatic carbocycles. The molecule has 0 rings (SSSR count). The van der Waals surface area contributed by atoms with E-state index in [2.05, 4.69) is 31.9 Å². The maximum Gasteiger partial charge on any atom is 0.0174 e. The number of rotatable bonds is 2. The molecule has 0 aliphatic heterocycles. The van der Waals surface area contributed by atoms with Gasteiger partial charge >= 0.3 is 0 Å². The highest BCUT2D eigenvalue weighted by Crippen LogP contribution is 2.19. The second kappa shape index (κ2) is 4.03. The van der Waals surface area contributed by atoms with Gasteiger partial charge in [0.1, 0.15) is 0 Å². The Labute approximate surface area is 59.7 Å². The highest BCUT2D eigenvalue weighted by molar-refractivity contribution is 7.40. The Morgan fingerprint density at radius 2 is 2.00 bits per heavy atom. The minimum Gasteiger partial charge on any atom is -0.316 e. The van der Waals surface area contributed by atoms with Gasteiger partial charge < -0.3 is 5.32 Å². The van der Waals surface area contributed by atoms with Crippen LogP contribution in [0.15, 0.2) is 0 Å². The minimum atomic E-state index is 0.427. The summed E-state index contributed by atoms with van der Waals surface area (Å²) in [6.07, 6.45) is 0. The van der Waals surface area contributed by atoms with Gasteiger partial charge in [0.2, 0.25) is 0 Å². The molecule has 0 amide bonds. The van der Waals surface area contributed by atoms with Crippen LogP contribution in [0.3, 0.4) is 0 Å². The fourth-order valence-electron chi connectivity index (χ4n) is 0.411. The molecule has 0 aromatic heterocycles. The Bertz CT molecular complexity index is 91.6. The second-order valence-corrected chi connectivity index (χ2v) is 5.01. The molecule has 0 saturated carbocycles. The van der Waals surface area contributed by atoms with Crippen LogP contribution in [0.4, 0.5) is 0 Å². The van der Waals surface area contributed by atoms with Crippen LogP contribution >= 0.6 is 8.20 Å². The van der Waals surface area contributed by atoms with E-state index in [4.69, 9.17) is 0 Å². The normalized spacial score (nSPS) is 12.9. The van der Waals surface area contributed by atoms with Gasteiger partial charge in [-0.15, -0.1) is 8.20 Å². The van der Waals surface area contributed by atoms with E-state index in [1.165, 1.54) is 8.20 Å². The molecule has 0 fully saturated rings. The van der Waals surface area contributed by atoms with Crippen molar-refractivity contribution in [3.05, 3.63) is 0 Å². The SMILES string of the molecule is CNCC=PC(C)(C)C. The zero-order chi connectivity index (χ0) is 7.33. The van der Waals surface area contributed by atoms with Gasteiger partial charge in [-0.1, -0.05) is 20.8 Å². The molecule has 9 heavy (non-hydrogen) atoms. The van der Waals surface area contributed by atoms with Crippen LogP contribution < -0.4 is 5.32 Å². The van der Waals surface area contributed by atoms with Gasteiger partial charge in [0.05, 0.1) is 0 Å². The largest absolute Gasteiger partial charge is 0.316 e. The smallest absolute Gasteiger partial charge is 0.0174 e. The van der Waals surface area contributed by atoms with Crippen molar-refractivity contribution < 1.29 is 0 Å². The number of hydrogen-bond donors (Lipinski definition) is 1. The molecule has 2 heteroatoms. The van der Waals surface area contributed by atoms with Gasteiger partial charge in [0.25, 0.3) is 0 Å². The Morgan fingerprint density at radius 1 is 1.44 bits per heavy atom. The summed E-state index contributed by atoms with van der Waals surface area (Å²) in [5.41, 5.74) is 0. The molecule has 0 aromatic rings. The molecule has 0 atom stereocenters. The third kappa shape index (κ3) is 8.13. The molecule has 0 radical (unpaired) electrons. The summed E-state index contributed by atoms with van der Waals surface area (Å²) in [6, 6.07) is 0. The van der Waals surface area contributed by atoms with Crippen molar-refractivity contribution >= 4 is 14.0 Å². The fraction of sp³-hybridized carbons (Fsp3) is 0.857. The van der Waals surface area contributed by atoms with Crippen molar-refractivity contribution in [2.75, 3.05) is 13.6 Å². The van der Waals surface area contributed by atoms with Crippen molar-refractivity contribution in [2.45, 2.75) is 25.9 Å². The quantitative estimate of drug-likeness (QED) is 0.584. The zero-order valence-corrected chi connectivity index (χ0v) is 7.63. The van der Waals surface area contributed by atoms with Crippen molar-refractivity contribution in [3.63, 3.8) is 0 Å². The summed E-state index contributed by atoms with van der Waals surface area (Å²) < 4.78 is 0. The Kier molecular flexibility index (Phi) is 4.09. The van der Waals surface area contributed by atoms with E-state index < -0.39 is 0 Å². The number of hydrogen-bond acceptors (Lipinski definition) is 1. The van der Waals surface area contributed by atoms with Crippen LogP contribution in [0, 0.1) is 0 Å². The lowest BCUT2D eigenvalue weighted by Crippen LogP contribution is -2.09. The van der Waals surface area contributed by atoms with Gasteiger partial charge in [0.15, 0.2) is 0 Å². The summed E-state index contributed by atoms with van der Waals surface area (Å²) in [6.45, 7) is 7.72. The van der Waals surface area contributed by atoms with Gasteiger partial charge in [-0.2, -0.15) is 0 Å². The Morgan fingerprint density at radius 3 is 2.33 bits per heavy atom. The molecule has 1 N–H and O–H groups in total. The highest BCUT2D eigenvalue weighted by atomic mass is 31.1. The van der Waals surface area contributed by atoms with E-state index in [1.54, 1.807) is 0 Å². The minimum absolute atomic E-state index is 0.427. The van der Waals surface area contributed by atoms with Crippen molar-refractivity contribution in [2.24, 2.45) is 0 Å². The molecule has 0 heterocycles. The summed E-state index contributed by atoms with van der Waals surface area (Å²) in [4.78, 5) is 0. The van der Waals surface area contributed by atoms with Crippen LogP contribution in [0.5, 0.6) is 0 Å². The maximum atomic E-state index is 3.08. The summed E-state index contributed by atoms with van der Waals surface area (Å²) in [5.74, 6) is 2.25. The highest BCUT2D eigenvalue weighted by Gasteiger charge is 2.02. The monoisotopic (exact) mass is 145 g/mol. The summed E-state index contributed by atoms with van der Waals surface area (Å²) in [7, 11) is 3.38. The van der Waals surface area contributed by atoms with Crippen LogP contribution in [-0.4, -0.2) is 24.5 Å². The molecule has 54 valence electrons. The van der Waals surface area contributed by atoms with Gasteiger partial charge in [-0.3, -0.25) is 0 Å². The first kappa shape index (κ1) is 9.13. The average molecular weight is 145 g/mol. The van der Waals surface area contributed by atoms with Crippen molar-refractivity contribution in [1.29, 1.82) is 0 Å². The molecule has 0 saturated heterocycles. The predicted molar refractivity (Wildman–Crippen MR) is 46.7 cm³/mol. The Balaban J connectivity index is 3.45. The average Bonchev–Trinajstić information content (AvgIpc) is 1.63. The first-order valence-electron chi connectivity index (χ1n) is 3.24. The van der Waals surface area contributed by atoms with Gasteiger partial charge in [-0.25, -0.2) is 0 Å². The summed E-state index contributed by atoms with van der Waals surface area (Å²) in [5, 5.41) is 3.51. The van der Waals surface area contributed by atoms with Crippen LogP contribution in [-0.2, 0) is 0 Å². The van der Waals surface area contributed by atoms with Crippen LogP contribution in [0.1, 0.15) is 20.8 Å². The Hall–Kier alpha value is 0.130.